The Bertz CT molecular complexity index is 153. The number of hydrogen-bond donors (Lipinski definition) is 2. The molecule has 1 atom stereocenters. The van der Waals surface area contributed by atoms with Gasteiger partial charge in [0.2, 0.25) is 5.91 Å². The van der Waals surface area contributed by atoms with E-state index in [4.69, 9.17) is 10.5 Å². The van der Waals surface area contributed by atoms with Gasteiger partial charge in [-0.2, -0.15) is 0 Å². The summed E-state index contributed by atoms with van der Waals surface area (Å²) in [6.45, 7) is 0.397. The van der Waals surface area contributed by atoms with E-state index in [1.165, 1.54) is 0 Å². The topological polar surface area (TPSA) is 64.3 Å². The maximum atomic E-state index is 11.2. The third kappa shape index (κ3) is 3.19. The highest BCUT2D eigenvalue weighted by molar-refractivity contribution is 5.77. The van der Waals surface area contributed by atoms with Gasteiger partial charge < -0.3 is 15.8 Å². The van der Waals surface area contributed by atoms with Crippen molar-refractivity contribution in [1.82, 2.24) is 5.32 Å². The van der Waals surface area contributed by atoms with Gasteiger partial charge in [0.1, 0.15) is 0 Å². The van der Waals surface area contributed by atoms with Gasteiger partial charge in [0.25, 0.3) is 0 Å². The molecule has 3 N–H and O–H groups in total. The second-order valence-corrected chi connectivity index (χ2v) is 3.14. The molecule has 1 rings (SSSR count). The summed E-state index contributed by atoms with van der Waals surface area (Å²) in [5.74, 6) is 0.0507. The lowest BCUT2D eigenvalue weighted by molar-refractivity contribution is -0.123. The lowest BCUT2D eigenvalue weighted by Gasteiger charge is -2.11. The highest BCUT2D eigenvalue weighted by Gasteiger charge is 2.24. The van der Waals surface area contributed by atoms with Crippen LogP contribution < -0.4 is 11.1 Å². The van der Waals surface area contributed by atoms with Crippen LogP contribution in [0.2, 0.25) is 0 Å². The molecule has 0 aromatic heterocycles. The Morgan fingerprint density at radius 3 is 2.83 bits per heavy atom. The van der Waals surface area contributed by atoms with Gasteiger partial charge in [-0.25, -0.2) is 0 Å². The van der Waals surface area contributed by atoms with E-state index in [1.54, 1.807) is 7.11 Å². The molecule has 0 bridgehead atoms. The van der Waals surface area contributed by atoms with Crippen LogP contribution in [0.3, 0.4) is 0 Å². The quantitative estimate of drug-likeness (QED) is 0.594. The maximum Gasteiger partial charge on any atom is 0.222 e. The highest BCUT2D eigenvalue weighted by atomic mass is 16.5. The van der Waals surface area contributed by atoms with E-state index in [2.05, 4.69) is 5.32 Å². The van der Waals surface area contributed by atoms with Crippen molar-refractivity contribution in [2.24, 2.45) is 5.73 Å². The van der Waals surface area contributed by atoms with Gasteiger partial charge in [0.15, 0.2) is 0 Å². The standard InChI is InChI=1S/C8H16N2O2/c1-12-7(5-9)4-8(11)10-6-2-3-6/h6-7H,2-5,9H2,1H3,(H,10,11). The normalized spacial score (nSPS) is 18.8. The molecule has 0 heterocycles. The number of amides is 1. The zero-order valence-corrected chi connectivity index (χ0v) is 7.38. The molecule has 1 unspecified atom stereocenters. The van der Waals surface area contributed by atoms with Crippen LogP contribution in [0.4, 0.5) is 0 Å². The third-order valence-corrected chi connectivity index (χ3v) is 1.95. The van der Waals surface area contributed by atoms with Crippen LogP contribution in [0.5, 0.6) is 0 Å². The van der Waals surface area contributed by atoms with Crippen molar-refractivity contribution in [1.29, 1.82) is 0 Å². The second kappa shape index (κ2) is 4.42. The molecular weight excluding hydrogens is 156 g/mol. The van der Waals surface area contributed by atoms with Crippen molar-refractivity contribution in [2.45, 2.75) is 31.4 Å². The van der Waals surface area contributed by atoms with Gasteiger partial charge in [0.05, 0.1) is 12.5 Å². The molecule has 1 saturated carbocycles. The van der Waals surface area contributed by atoms with Crippen LogP contribution in [0.25, 0.3) is 0 Å². The van der Waals surface area contributed by atoms with Crippen LogP contribution in [-0.2, 0) is 9.53 Å². The molecule has 1 aliphatic carbocycles. The van der Waals surface area contributed by atoms with Crippen molar-refractivity contribution in [3.8, 4) is 0 Å². The second-order valence-electron chi connectivity index (χ2n) is 3.14. The lowest BCUT2D eigenvalue weighted by atomic mass is 10.2. The molecule has 0 aliphatic heterocycles. The minimum absolute atomic E-state index is 0.0507. The molecule has 0 aromatic rings. The lowest BCUT2D eigenvalue weighted by Crippen LogP contribution is -2.33. The molecule has 4 heteroatoms. The van der Waals surface area contributed by atoms with Crippen molar-refractivity contribution >= 4 is 5.91 Å². The minimum Gasteiger partial charge on any atom is -0.380 e. The zero-order chi connectivity index (χ0) is 8.97. The average molecular weight is 172 g/mol. The summed E-state index contributed by atoms with van der Waals surface area (Å²) >= 11 is 0. The predicted octanol–water partition coefficient (Wildman–Crippen LogP) is -0.371. The Hall–Kier alpha value is -0.610. The number of rotatable bonds is 5. The van der Waals surface area contributed by atoms with E-state index < -0.39 is 0 Å². The first-order valence-electron chi connectivity index (χ1n) is 4.28. The van der Waals surface area contributed by atoms with Crippen LogP contribution >= 0.6 is 0 Å². The predicted molar refractivity (Wildman–Crippen MR) is 45.6 cm³/mol. The summed E-state index contributed by atoms with van der Waals surface area (Å²) in [5.41, 5.74) is 5.37. The largest absolute Gasteiger partial charge is 0.380 e. The fourth-order valence-electron chi connectivity index (χ4n) is 0.984. The number of carbonyl (C=O) groups is 1. The summed E-state index contributed by atoms with van der Waals surface area (Å²) in [6, 6.07) is 0.424. The van der Waals surface area contributed by atoms with Crippen molar-refractivity contribution < 1.29 is 9.53 Å². The van der Waals surface area contributed by atoms with Crippen molar-refractivity contribution in [3.05, 3.63) is 0 Å². The SMILES string of the molecule is COC(CN)CC(=O)NC1CC1. The smallest absolute Gasteiger partial charge is 0.222 e. The van der Waals surface area contributed by atoms with E-state index in [9.17, 15) is 4.79 Å². The van der Waals surface area contributed by atoms with Crippen molar-refractivity contribution in [3.63, 3.8) is 0 Å². The van der Waals surface area contributed by atoms with E-state index in [0.717, 1.165) is 12.8 Å². The van der Waals surface area contributed by atoms with Crippen LogP contribution in [-0.4, -0.2) is 31.7 Å². The summed E-state index contributed by atoms with van der Waals surface area (Å²) < 4.78 is 4.99. The summed E-state index contributed by atoms with van der Waals surface area (Å²) in [7, 11) is 1.57. The Kier molecular flexibility index (Phi) is 3.49. The van der Waals surface area contributed by atoms with Gasteiger partial charge in [-0.15, -0.1) is 0 Å². The average Bonchev–Trinajstić information content (AvgIpc) is 2.84. The minimum atomic E-state index is -0.135. The van der Waals surface area contributed by atoms with Gasteiger partial charge in [-0.1, -0.05) is 0 Å². The number of methoxy groups -OCH3 is 1. The summed E-state index contributed by atoms with van der Waals surface area (Å²) in [6.07, 6.45) is 2.48. The molecule has 1 fully saturated rings. The first-order valence-corrected chi connectivity index (χ1v) is 4.28. The fraction of sp³-hybridized carbons (Fsp3) is 0.875. The van der Waals surface area contributed by atoms with E-state index >= 15 is 0 Å². The molecular formula is C8H16N2O2. The molecule has 1 amide bonds. The zero-order valence-electron chi connectivity index (χ0n) is 7.38. The molecule has 0 saturated heterocycles. The first kappa shape index (κ1) is 9.48. The molecule has 0 aromatic carbocycles. The summed E-state index contributed by atoms with van der Waals surface area (Å²) in [4.78, 5) is 11.2. The first-order chi connectivity index (χ1) is 5.76. The highest BCUT2D eigenvalue weighted by Crippen LogP contribution is 2.18. The van der Waals surface area contributed by atoms with Gasteiger partial charge >= 0.3 is 0 Å². The number of hydrogen-bond acceptors (Lipinski definition) is 3. The number of nitrogens with one attached hydrogen (secondary N) is 1. The van der Waals surface area contributed by atoms with E-state index in [0.29, 0.717) is 19.0 Å². The van der Waals surface area contributed by atoms with Crippen LogP contribution in [0.1, 0.15) is 19.3 Å². The number of ether oxygens (including phenoxy) is 1. The van der Waals surface area contributed by atoms with Crippen LogP contribution in [0.15, 0.2) is 0 Å². The molecule has 70 valence electrons. The van der Waals surface area contributed by atoms with Gasteiger partial charge in [0, 0.05) is 19.7 Å². The Morgan fingerprint density at radius 2 is 2.42 bits per heavy atom. The molecule has 12 heavy (non-hydrogen) atoms. The van der Waals surface area contributed by atoms with E-state index in [-0.39, 0.29) is 12.0 Å². The number of nitrogens with two attached hydrogens (primary N) is 1. The Labute approximate surface area is 72.5 Å². The molecule has 0 spiro atoms. The molecule has 0 radical (unpaired) electrons. The Morgan fingerprint density at radius 1 is 1.75 bits per heavy atom. The fourth-order valence-corrected chi connectivity index (χ4v) is 0.984. The van der Waals surface area contributed by atoms with Crippen LogP contribution in [0, 0.1) is 0 Å². The Balaban J connectivity index is 2.13. The summed E-state index contributed by atoms with van der Waals surface area (Å²) in [5, 5.41) is 2.88. The van der Waals surface area contributed by atoms with Gasteiger partial charge in [-0.05, 0) is 12.8 Å². The number of carbonyl (C=O) groups excluding carboxylic acids is 1. The van der Waals surface area contributed by atoms with E-state index in [1.807, 2.05) is 0 Å². The molecule has 1 aliphatic rings. The molecule has 4 nitrogen and oxygen atoms in total. The van der Waals surface area contributed by atoms with Gasteiger partial charge in [-0.3, -0.25) is 4.79 Å². The van der Waals surface area contributed by atoms with Crippen molar-refractivity contribution in [2.75, 3.05) is 13.7 Å². The monoisotopic (exact) mass is 172 g/mol. The third-order valence-electron chi connectivity index (χ3n) is 1.95. The maximum absolute atomic E-state index is 11.2.